The summed E-state index contributed by atoms with van der Waals surface area (Å²) in [5, 5.41) is 0. The zero-order valence-electron chi connectivity index (χ0n) is 9.04. The van der Waals surface area contributed by atoms with E-state index >= 15 is 0 Å². The second-order valence-corrected chi connectivity index (χ2v) is 4.30. The Morgan fingerprint density at radius 3 is 3.24 bits per heavy atom. The van der Waals surface area contributed by atoms with Crippen LogP contribution in [0.15, 0.2) is 6.33 Å². The maximum absolute atomic E-state index is 5.85. The highest BCUT2D eigenvalue weighted by atomic mass is 16.6. The Balaban J connectivity index is 2.01. The Kier molecular flexibility index (Phi) is 1.66. The minimum Gasteiger partial charge on any atom is -0.462 e. The summed E-state index contributed by atoms with van der Waals surface area (Å²) in [6.07, 6.45) is 3.51. The van der Waals surface area contributed by atoms with Gasteiger partial charge in [0.15, 0.2) is 17.0 Å². The van der Waals surface area contributed by atoms with Gasteiger partial charge in [-0.2, -0.15) is 4.98 Å². The number of anilines is 1. The van der Waals surface area contributed by atoms with Gasteiger partial charge < -0.3 is 15.2 Å². The SMILES string of the molecule is Nc1ncnc2c1nc1n2[C@@H]2CC[C@H](CO1)O2. The highest BCUT2D eigenvalue weighted by molar-refractivity contribution is 5.82. The lowest BCUT2D eigenvalue weighted by Crippen LogP contribution is -2.14. The van der Waals surface area contributed by atoms with Crippen molar-refractivity contribution in [2.24, 2.45) is 0 Å². The molecule has 4 heterocycles. The van der Waals surface area contributed by atoms with Crippen molar-refractivity contribution >= 4 is 17.0 Å². The Labute approximate surface area is 96.6 Å². The van der Waals surface area contributed by atoms with E-state index in [2.05, 4.69) is 15.0 Å². The zero-order valence-corrected chi connectivity index (χ0v) is 9.04. The number of hydrogen-bond donors (Lipinski definition) is 1. The van der Waals surface area contributed by atoms with E-state index in [1.54, 1.807) is 0 Å². The number of nitrogens with zero attached hydrogens (tertiary/aromatic N) is 4. The van der Waals surface area contributed by atoms with Crippen molar-refractivity contribution in [3.63, 3.8) is 0 Å². The molecule has 0 saturated carbocycles. The Morgan fingerprint density at radius 1 is 1.35 bits per heavy atom. The minimum absolute atomic E-state index is 0.0446. The average Bonchev–Trinajstić information content (AvgIpc) is 2.84. The summed E-state index contributed by atoms with van der Waals surface area (Å²) >= 11 is 0. The van der Waals surface area contributed by atoms with Crippen molar-refractivity contribution in [1.29, 1.82) is 0 Å². The van der Waals surface area contributed by atoms with Crippen LogP contribution in [0.25, 0.3) is 11.2 Å². The van der Waals surface area contributed by atoms with E-state index in [9.17, 15) is 0 Å². The van der Waals surface area contributed by atoms with Crippen molar-refractivity contribution < 1.29 is 9.47 Å². The molecular formula is C10H11N5O2. The van der Waals surface area contributed by atoms with Crippen molar-refractivity contribution in [2.45, 2.75) is 25.2 Å². The molecule has 0 aliphatic carbocycles. The fourth-order valence-electron chi connectivity index (χ4n) is 2.43. The fourth-order valence-corrected chi connectivity index (χ4v) is 2.43. The molecule has 0 unspecified atom stereocenters. The summed E-state index contributed by atoms with van der Waals surface area (Å²) in [7, 11) is 0. The van der Waals surface area contributed by atoms with Crippen LogP contribution in [-0.2, 0) is 4.74 Å². The smallest absolute Gasteiger partial charge is 0.301 e. The van der Waals surface area contributed by atoms with Gasteiger partial charge in [0.2, 0.25) is 0 Å². The first-order valence-corrected chi connectivity index (χ1v) is 5.59. The second-order valence-electron chi connectivity index (χ2n) is 4.30. The molecule has 1 fully saturated rings. The zero-order chi connectivity index (χ0) is 11.4. The molecule has 0 spiro atoms. The summed E-state index contributed by atoms with van der Waals surface area (Å²) in [5.41, 5.74) is 7.04. The van der Waals surface area contributed by atoms with Gasteiger partial charge in [-0.05, 0) is 12.8 Å². The van der Waals surface area contributed by atoms with Gasteiger partial charge in [0.05, 0.1) is 6.10 Å². The van der Waals surface area contributed by atoms with Crippen molar-refractivity contribution in [3.05, 3.63) is 6.33 Å². The number of fused-ring (bicyclic) bond motifs is 6. The average molecular weight is 233 g/mol. The third-order valence-corrected chi connectivity index (χ3v) is 3.24. The van der Waals surface area contributed by atoms with Crippen LogP contribution in [0, 0.1) is 0 Å². The number of hydrogen-bond acceptors (Lipinski definition) is 6. The van der Waals surface area contributed by atoms with E-state index < -0.39 is 0 Å². The fraction of sp³-hybridized carbons (Fsp3) is 0.500. The van der Waals surface area contributed by atoms with E-state index in [4.69, 9.17) is 15.2 Å². The molecule has 88 valence electrons. The Morgan fingerprint density at radius 2 is 2.29 bits per heavy atom. The molecule has 2 aliphatic heterocycles. The number of imidazole rings is 1. The molecule has 2 aromatic rings. The van der Waals surface area contributed by atoms with Gasteiger partial charge >= 0.3 is 6.01 Å². The van der Waals surface area contributed by atoms with E-state index in [0.717, 1.165) is 12.8 Å². The molecule has 7 heteroatoms. The van der Waals surface area contributed by atoms with Crippen LogP contribution < -0.4 is 10.5 Å². The number of ether oxygens (including phenoxy) is 2. The van der Waals surface area contributed by atoms with Gasteiger partial charge in [-0.15, -0.1) is 0 Å². The summed E-state index contributed by atoms with van der Waals surface area (Å²) in [4.78, 5) is 12.5. The predicted molar refractivity (Wildman–Crippen MR) is 58.4 cm³/mol. The normalized spacial score (nSPS) is 26.6. The standard InChI is InChI=1S/C10H11N5O2/c11-8-7-9(13-4-12-8)15-6-2-1-5(17-6)3-16-10(15)14-7/h4-6H,1-3H2,(H2,11,12,13)/t5-,6+/m1/s1. The topological polar surface area (TPSA) is 88.1 Å². The molecule has 2 aliphatic rings. The predicted octanol–water partition coefficient (Wildman–Crippen LogP) is 0.478. The van der Waals surface area contributed by atoms with Crippen LogP contribution >= 0.6 is 0 Å². The molecule has 2 bridgehead atoms. The molecule has 4 rings (SSSR count). The molecular weight excluding hydrogens is 222 g/mol. The lowest BCUT2D eigenvalue weighted by molar-refractivity contribution is 0.00614. The van der Waals surface area contributed by atoms with Crippen molar-refractivity contribution in [3.8, 4) is 6.01 Å². The van der Waals surface area contributed by atoms with Crippen LogP contribution in [0.3, 0.4) is 0 Å². The number of aromatic nitrogens is 4. The van der Waals surface area contributed by atoms with Crippen molar-refractivity contribution in [1.82, 2.24) is 19.5 Å². The first-order chi connectivity index (χ1) is 8.33. The second kappa shape index (κ2) is 3.07. The molecule has 7 nitrogen and oxygen atoms in total. The van der Waals surface area contributed by atoms with Gasteiger partial charge in [-0.3, -0.25) is 4.57 Å². The van der Waals surface area contributed by atoms with E-state index in [-0.39, 0.29) is 12.3 Å². The van der Waals surface area contributed by atoms with Gasteiger partial charge in [-0.25, -0.2) is 9.97 Å². The molecule has 1 saturated heterocycles. The van der Waals surface area contributed by atoms with E-state index in [1.165, 1.54) is 6.33 Å². The third-order valence-electron chi connectivity index (χ3n) is 3.24. The Bertz CT molecular complexity index is 596. The number of nitrogen functional groups attached to an aromatic ring is 1. The van der Waals surface area contributed by atoms with Crippen LogP contribution in [0.5, 0.6) is 6.01 Å². The number of rotatable bonds is 0. The molecule has 2 aromatic heterocycles. The van der Waals surface area contributed by atoms with Crippen LogP contribution in [0.4, 0.5) is 5.82 Å². The molecule has 2 atom stereocenters. The van der Waals surface area contributed by atoms with E-state index in [0.29, 0.717) is 29.6 Å². The quantitative estimate of drug-likeness (QED) is 0.712. The van der Waals surface area contributed by atoms with E-state index in [1.807, 2.05) is 4.57 Å². The highest BCUT2D eigenvalue weighted by Gasteiger charge is 2.34. The minimum atomic E-state index is -0.0446. The van der Waals surface area contributed by atoms with Gasteiger partial charge in [0.25, 0.3) is 0 Å². The largest absolute Gasteiger partial charge is 0.462 e. The molecule has 0 aromatic carbocycles. The van der Waals surface area contributed by atoms with Crippen LogP contribution in [-0.4, -0.2) is 32.2 Å². The molecule has 17 heavy (non-hydrogen) atoms. The summed E-state index contributed by atoms with van der Waals surface area (Å²) in [6, 6.07) is 0.527. The maximum atomic E-state index is 5.85. The monoisotopic (exact) mass is 233 g/mol. The van der Waals surface area contributed by atoms with Gasteiger partial charge in [-0.1, -0.05) is 0 Å². The Hall–Kier alpha value is -1.89. The first kappa shape index (κ1) is 9.17. The maximum Gasteiger partial charge on any atom is 0.301 e. The molecule has 0 amide bonds. The van der Waals surface area contributed by atoms with Gasteiger partial charge in [0, 0.05) is 0 Å². The first-order valence-electron chi connectivity index (χ1n) is 5.59. The van der Waals surface area contributed by atoms with Crippen LogP contribution in [0.2, 0.25) is 0 Å². The molecule has 2 N–H and O–H groups in total. The lowest BCUT2D eigenvalue weighted by atomic mass is 10.2. The highest BCUT2D eigenvalue weighted by Crippen LogP contribution is 2.37. The summed E-state index contributed by atoms with van der Waals surface area (Å²) in [5.74, 6) is 0.369. The van der Waals surface area contributed by atoms with Gasteiger partial charge in [0.1, 0.15) is 19.2 Å². The van der Waals surface area contributed by atoms with Crippen molar-refractivity contribution in [2.75, 3.05) is 12.3 Å². The van der Waals surface area contributed by atoms with Crippen LogP contribution in [0.1, 0.15) is 19.1 Å². The lowest BCUT2D eigenvalue weighted by Gasteiger charge is -2.11. The summed E-state index contributed by atoms with van der Waals surface area (Å²) in [6.45, 7) is 0.535. The molecule has 0 radical (unpaired) electrons. The summed E-state index contributed by atoms with van der Waals surface area (Å²) < 4.78 is 13.4. The third kappa shape index (κ3) is 1.17. The number of nitrogens with two attached hydrogens (primary N) is 1.